The summed E-state index contributed by atoms with van der Waals surface area (Å²) in [7, 11) is -2.79. The predicted octanol–water partition coefficient (Wildman–Crippen LogP) is 4.74. The molecule has 8 nitrogen and oxygen atoms in total. The Balaban J connectivity index is 2.00. The number of halogens is 2. The van der Waals surface area contributed by atoms with Gasteiger partial charge in [0, 0.05) is 17.6 Å². The Labute approximate surface area is 236 Å². The van der Waals surface area contributed by atoms with Gasteiger partial charge in [0.05, 0.1) is 17.7 Å². The van der Waals surface area contributed by atoms with E-state index in [0.717, 1.165) is 32.9 Å². The molecular weight excluding hydrogens is 589 g/mol. The number of carbonyl (C=O) groups excluding carboxylic acids is 2. The van der Waals surface area contributed by atoms with Crippen LogP contribution in [-0.2, 0) is 26.2 Å². The lowest BCUT2D eigenvalue weighted by atomic mass is 10.1. The average molecular weight is 621 g/mol. The van der Waals surface area contributed by atoms with Gasteiger partial charge >= 0.3 is 0 Å². The fourth-order valence-corrected chi connectivity index (χ4v) is 5.45. The van der Waals surface area contributed by atoms with Crippen LogP contribution in [-0.4, -0.2) is 51.4 Å². The first-order chi connectivity index (χ1) is 18.6. The molecule has 208 valence electrons. The minimum atomic E-state index is -4.26. The van der Waals surface area contributed by atoms with Gasteiger partial charge in [-0.1, -0.05) is 35.0 Å². The van der Waals surface area contributed by atoms with E-state index in [4.69, 9.17) is 4.74 Å². The number of sulfonamides is 1. The molecule has 0 aliphatic rings. The molecule has 0 radical (unpaired) electrons. The zero-order valence-corrected chi connectivity index (χ0v) is 24.3. The topological polar surface area (TPSA) is 96.0 Å². The Morgan fingerprint density at radius 2 is 1.62 bits per heavy atom. The number of benzene rings is 3. The number of hydrogen-bond acceptors (Lipinski definition) is 5. The average Bonchev–Trinajstić information content (AvgIpc) is 2.94. The Morgan fingerprint density at radius 1 is 1.00 bits per heavy atom. The lowest BCUT2D eigenvalue weighted by Crippen LogP contribution is -2.51. The minimum Gasteiger partial charge on any atom is -0.497 e. The Hall–Kier alpha value is -3.44. The van der Waals surface area contributed by atoms with Gasteiger partial charge in [-0.3, -0.25) is 13.9 Å². The maximum absolute atomic E-state index is 13.8. The molecule has 0 spiro atoms. The first-order valence-corrected chi connectivity index (χ1v) is 14.5. The first-order valence-electron chi connectivity index (χ1n) is 12.3. The van der Waals surface area contributed by atoms with Crippen LogP contribution in [0.5, 0.6) is 5.75 Å². The molecule has 0 bridgehead atoms. The summed E-state index contributed by atoms with van der Waals surface area (Å²) in [6, 6.07) is 16.9. The molecule has 1 N–H and O–H groups in total. The van der Waals surface area contributed by atoms with Crippen LogP contribution in [0.2, 0.25) is 0 Å². The van der Waals surface area contributed by atoms with E-state index in [0.29, 0.717) is 12.3 Å². The van der Waals surface area contributed by atoms with Crippen molar-refractivity contribution in [2.75, 3.05) is 24.5 Å². The van der Waals surface area contributed by atoms with Crippen molar-refractivity contribution in [3.8, 4) is 5.75 Å². The largest absolute Gasteiger partial charge is 0.497 e. The molecule has 3 aromatic rings. The van der Waals surface area contributed by atoms with Crippen LogP contribution in [0.1, 0.15) is 25.8 Å². The molecule has 0 aromatic heterocycles. The van der Waals surface area contributed by atoms with E-state index in [1.165, 1.54) is 48.4 Å². The number of nitrogens with one attached hydrogen (secondary N) is 1. The first kappa shape index (κ1) is 30.1. The van der Waals surface area contributed by atoms with Crippen molar-refractivity contribution in [2.45, 2.75) is 37.8 Å². The summed E-state index contributed by atoms with van der Waals surface area (Å²) in [5.74, 6) is -1.04. The summed E-state index contributed by atoms with van der Waals surface area (Å²) in [4.78, 5) is 27.9. The monoisotopic (exact) mass is 619 g/mol. The number of methoxy groups -OCH3 is 1. The molecule has 3 aromatic carbocycles. The van der Waals surface area contributed by atoms with Gasteiger partial charge in [-0.2, -0.15) is 0 Å². The molecule has 0 heterocycles. The standard InChI is InChI=1S/C28H31BrFN3O5S/c1-4-17-31-28(35)20(2)32(18-21-5-7-22(29)8-6-21)27(34)19-33(24-11-9-23(30)10-12-24)39(36,37)26-15-13-25(38-3)14-16-26/h5-16,20H,4,17-19H2,1-3H3,(H,31,35). The van der Waals surface area contributed by atoms with Crippen molar-refractivity contribution in [3.63, 3.8) is 0 Å². The van der Waals surface area contributed by atoms with Crippen LogP contribution < -0.4 is 14.4 Å². The number of amides is 2. The number of hydrogen-bond donors (Lipinski definition) is 1. The molecule has 0 fully saturated rings. The maximum atomic E-state index is 13.8. The fraction of sp³-hybridized carbons (Fsp3) is 0.286. The second kappa shape index (κ2) is 13.6. The molecular formula is C28H31BrFN3O5S. The Morgan fingerprint density at radius 3 is 2.18 bits per heavy atom. The molecule has 0 aliphatic heterocycles. The normalized spacial score (nSPS) is 11.9. The van der Waals surface area contributed by atoms with E-state index < -0.39 is 34.3 Å². The van der Waals surface area contributed by atoms with Crippen molar-refractivity contribution in [1.82, 2.24) is 10.2 Å². The highest BCUT2D eigenvalue weighted by Gasteiger charge is 2.32. The smallest absolute Gasteiger partial charge is 0.264 e. The Kier molecular flexibility index (Phi) is 10.5. The summed E-state index contributed by atoms with van der Waals surface area (Å²) in [5.41, 5.74) is 0.861. The summed E-state index contributed by atoms with van der Waals surface area (Å²) in [6.45, 7) is 3.42. The number of rotatable bonds is 12. The van der Waals surface area contributed by atoms with E-state index in [2.05, 4.69) is 21.2 Å². The highest BCUT2D eigenvalue weighted by Crippen LogP contribution is 2.26. The van der Waals surface area contributed by atoms with Crippen LogP contribution in [0.4, 0.5) is 10.1 Å². The highest BCUT2D eigenvalue weighted by atomic mass is 79.9. The second-order valence-electron chi connectivity index (χ2n) is 8.78. The fourth-order valence-electron chi connectivity index (χ4n) is 3.78. The van der Waals surface area contributed by atoms with Crippen LogP contribution >= 0.6 is 15.9 Å². The lowest BCUT2D eigenvalue weighted by molar-refractivity contribution is -0.139. The molecule has 0 saturated heterocycles. The quantitative estimate of drug-likeness (QED) is 0.316. The number of nitrogens with zero attached hydrogens (tertiary/aromatic N) is 2. The van der Waals surface area contributed by atoms with Gasteiger partial charge in [0.15, 0.2) is 0 Å². The van der Waals surface area contributed by atoms with Crippen LogP contribution in [0.25, 0.3) is 0 Å². The van der Waals surface area contributed by atoms with Gasteiger partial charge in [0.2, 0.25) is 11.8 Å². The maximum Gasteiger partial charge on any atom is 0.264 e. The van der Waals surface area contributed by atoms with E-state index >= 15 is 0 Å². The SMILES string of the molecule is CCCNC(=O)C(C)N(Cc1ccc(Br)cc1)C(=O)CN(c1ccc(F)cc1)S(=O)(=O)c1ccc(OC)cc1. The van der Waals surface area contributed by atoms with Crippen molar-refractivity contribution in [3.05, 3.63) is 88.6 Å². The molecule has 3 rings (SSSR count). The van der Waals surface area contributed by atoms with E-state index in [1.807, 2.05) is 31.2 Å². The van der Waals surface area contributed by atoms with Gasteiger partial charge in [-0.05, 0) is 79.6 Å². The molecule has 1 atom stereocenters. The third kappa shape index (κ3) is 7.79. The molecule has 2 amide bonds. The summed E-state index contributed by atoms with van der Waals surface area (Å²) < 4.78 is 48.1. The van der Waals surface area contributed by atoms with Crippen molar-refractivity contribution >= 4 is 43.5 Å². The number of anilines is 1. The molecule has 0 aliphatic carbocycles. The van der Waals surface area contributed by atoms with Crippen molar-refractivity contribution < 1.29 is 27.1 Å². The number of carbonyl (C=O) groups is 2. The Bertz CT molecular complexity index is 1370. The van der Waals surface area contributed by atoms with Gasteiger partial charge < -0.3 is 15.0 Å². The van der Waals surface area contributed by atoms with Gasteiger partial charge in [0.1, 0.15) is 24.2 Å². The number of ether oxygens (including phenoxy) is 1. The summed E-state index contributed by atoms with van der Waals surface area (Å²) in [6.07, 6.45) is 0.720. The van der Waals surface area contributed by atoms with Gasteiger partial charge in [0.25, 0.3) is 10.0 Å². The van der Waals surface area contributed by atoms with E-state index in [1.54, 1.807) is 6.92 Å². The predicted molar refractivity (Wildman–Crippen MR) is 151 cm³/mol. The minimum absolute atomic E-state index is 0.0754. The third-order valence-electron chi connectivity index (χ3n) is 6.02. The molecule has 0 saturated carbocycles. The van der Waals surface area contributed by atoms with Crippen molar-refractivity contribution in [1.29, 1.82) is 0 Å². The molecule has 11 heteroatoms. The summed E-state index contributed by atoms with van der Waals surface area (Å²) in [5, 5.41) is 2.79. The van der Waals surface area contributed by atoms with Crippen LogP contribution in [0.15, 0.2) is 82.2 Å². The van der Waals surface area contributed by atoms with E-state index in [9.17, 15) is 22.4 Å². The second-order valence-corrected chi connectivity index (χ2v) is 11.6. The highest BCUT2D eigenvalue weighted by molar-refractivity contribution is 9.10. The lowest BCUT2D eigenvalue weighted by Gasteiger charge is -2.32. The zero-order chi connectivity index (χ0) is 28.6. The molecule has 39 heavy (non-hydrogen) atoms. The zero-order valence-electron chi connectivity index (χ0n) is 21.9. The van der Waals surface area contributed by atoms with Gasteiger partial charge in [-0.25, -0.2) is 12.8 Å². The van der Waals surface area contributed by atoms with Crippen LogP contribution in [0, 0.1) is 5.82 Å². The van der Waals surface area contributed by atoms with Crippen LogP contribution in [0.3, 0.4) is 0 Å². The van der Waals surface area contributed by atoms with E-state index in [-0.39, 0.29) is 23.0 Å². The van der Waals surface area contributed by atoms with Gasteiger partial charge in [-0.15, -0.1) is 0 Å². The van der Waals surface area contributed by atoms with Crippen molar-refractivity contribution in [2.24, 2.45) is 0 Å². The molecule has 1 unspecified atom stereocenters. The third-order valence-corrected chi connectivity index (χ3v) is 8.34. The summed E-state index contributed by atoms with van der Waals surface area (Å²) >= 11 is 3.39.